The number of pyridine rings is 1. The van der Waals surface area contributed by atoms with Crippen LogP contribution in [-0.2, 0) is 11.2 Å². The van der Waals surface area contributed by atoms with Crippen LogP contribution in [0.25, 0.3) is 22.0 Å². The molecule has 0 saturated carbocycles. The Morgan fingerprint density at radius 1 is 1.10 bits per heavy atom. The standard InChI is InChI=1S/C24H23N3O3/c1-14(18-12-23(28)27-13-18)30-22-11-17(10-21-20(22)3-2-7-25-21)15-4-5-19-16(9-15)6-8-26-24(19)29/h2-5,7,9-11,14,18H,6,8,12-13H2,1H3,(H,26,29)(H,27,28)/t14-,18+/m1/s1. The molecule has 2 N–H and O–H groups in total. The fourth-order valence-corrected chi connectivity index (χ4v) is 4.28. The number of nitrogens with one attached hydrogen (secondary N) is 2. The van der Waals surface area contributed by atoms with Gasteiger partial charge in [0.15, 0.2) is 0 Å². The topological polar surface area (TPSA) is 80.3 Å². The molecule has 2 amide bonds. The average Bonchev–Trinajstić information content (AvgIpc) is 3.20. The zero-order chi connectivity index (χ0) is 20.7. The van der Waals surface area contributed by atoms with E-state index in [1.54, 1.807) is 6.20 Å². The normalized spacial score (nSPS) is 19.2. The lowest BCUT2D eigenvalue weighted by Gasteiger charge is -2.21. The van der Waals surface area contributed by atoms with Crippen molar-refractivity contribution in [2.24, 2.45) is 5.92 Å². The van der Waals surface area contributed by atoms with Crippen molar-refractivity contribution in [3.05, 3.63) is 59.8 Å². The third kappa shape index (κ3) is 3.38. The highest BCUT2D eigenvalue weighted by Gasteiger charge is 2.28. The Labute approximate surface area is 174 Å². The van der Waals surface area contributed by atoms with Gasteiger partial charge in [-0.2, -0.15) is 0 Å². The molecule has 6 nitrogen and oxygen atoms in total. The Morgan fingerprint density at radius 2 is 2.00 bits per heavy atom. The highest BCUT2D eigenvalue weighted by atomic mass is 16.5. The Bertz CT molecular complexity index is 1160. The molecular formula is C24H23N3O3. The predicted octanol–water partition coefficient (Wildman–Crippen LogP) is 3.09. The van der Waals surface area contributed by atoms with Crippen LogP contribution in [-0.4, -0.2) is 36.0 Å². The van der Waals surface area contributed by atoms with E-state index < -0.39 is 0 Å². The minimum Gasteiger partial charge on any atom is -0.490 e. The smallest absolute Gasteiger partial charge is 0.251 e. The summed E-state index contributed by atoms with van der Waals surface area (Å²) in [6, 6.07) is 13.9. The largest absolute Gasteiger partial charge is 0.490 e. The Morgan fingerprint density at radius 3 is 2.83 bits per heavy atom. The van der Waals surface area contributed by atoms with Crippen LogP contribution in [0, 0.1) is 5.92 Å². The van der Waals surface area contributed by atoms with Crippen LogP contribution in [0.3, 0.4) is 0 Å². The first kappa shape index (κ1) is 18.6. The van der Waals surface area contributed by atoms with Crippen LogP contribution in [0.5, 0.6) is 5.75 Å². The zero-order valence-electron chi connectivity index (χ0n) is 16.8. The van der Waals surface area contributed by atoms with Crippen molar-refractivity contribution in [2.75, 3.05) is 13.1 Å². The van der Waals surface area contributed by atoms with Gasteiger partial charge in [0.2, 0.25) is 5.91 Å². The van der Waals surface area contributed by atoms with E-state index in [0.29, 0.717) is 19.5 Å². The molecular weight excluding hydrogens is 378 g/mol. The Balaban J connectivity index is 1.54. The quantitative estimate of drug-likeness (QED) is 0.704. The molecule has 1 aromatic heterocycles. The predicted molar refractivity (Wildman–Crippen MR) is 114 cm³/mol. The second-order valence-electron chi connectivity index (χ2n) is 8.01. The van der Waals surface area contributed by atoms with Crippen LogP contribution in [0.1, 0.15) is 29.3 Å². The first-order valence-corrected chi connectivity index (χ1v) is 10.3. The molecule has 0 spiro atoms. The second kappa shape index (κ2) is 7.44. The molecule has 2 aromatic carbocycles. The van der Waals surface area contributed by atoms with Crippen LogP contribution in [0.4, 0.5) is 0 Å². The van der Waals surface area contributed by atoms with Gasteiger partial charge in [0.05, 0.1) is 5.52 Å². The van der Waals surface area contributed by atoms with E-state index in [1.807, 2.05) is 37.3 Å². The van der Waals surface area contributed by atoms with Crippen LogP contribution in [0.15, 0.2) is 48.7 Å². The summed E-state index contributed by atoms with van der Waals surface area (Å²) in [5.41, 5.74) is 4.69. The molecule has 1 fully saturated rings. The number of fused-ring (bicyclic) bond motifs is 2. The molecule has 3 heterocycles. The molecule has 0 unspecified atom stereocenters. The molecule has 1 saturated heterocycles. The van der Waals surface area contributed by atoms with E-state index in [2.05, 4.69) is 27.8 Å². The Hall–Kier alpha value is -3.41. The number of amides is 2. The maximum atomic E-state index is 12.1. The summed E-state index contributed by atoms with van der Waals surface area (Å²) in [6.07, 6.45) is 2.99. The van der Waals surface area contributed by atoms with Crippen molar-refractivity contribution >= 4 is 22.7 Å². The maximum absolute atomic E-state index is 12.1. The van der Waals surface area contributed by atoms with Crippen LogP contribution >= 0.6 is 0 Å². The second-order valence-corrected chi connectivity index (χ2v) is 8.01. The van der Waals surface area contributed by atoms with Crippen LogP contribution < -0.4 is 15.4 Å². The number of hydrogen-bond acceptors (Lipinski definition) is 4. The summed E-state index contributed by atoms with van der Waals surface area (Å²) in [7, 11) is 0. The lowest BCUT2D eigenvalue weighted by molar-refractivity contribution is -0.119. The SMILES string of the molecule is C[C@@H](Oc1cc(-c2ccc3c(c2)CCNC3=O)cc2ncccc12)[C@@H]1CNC(=O)C1. The molecule has 0 radical (unpaired) electrons. The van der Waals surface area contributed by atoms with Gasteiger partial charge in [0.1, 0.15) is 11.9 Å². The first-order valence-electron chi connectivity index (χ1n) is 10.3. The lowest BCUT2D eigenvalue weighted by atomic mass is 9.94. The van der Waals surface area contributed by atoms with Gasteiger partial charge < -0.3 is 15.4 Å². The van der Waals surface area contributed by atoms with Gasteiger partial charge in [-0.1, -0.05) is 12.1 Å². The minimum atomic E-state index is -0.102. The monoisotopic (exact) mass is 401 g/mol. The summed E-state index contributed by atoms with van der Waals surface area (Å²) in [6.45, 7) is 3.31. The van der Waals surface area contributed by atoms with E-state index in [1.165, 1.54) is 0 Å². The highest BCUT2D eigenvalue weighted by molar-refractivity contribution is 5.97. The number of rotatable bonds is 4. The van der Waals surface area contributed by atoms with Gasteiger partial charge in [-0.25, -0.2) is 0 Å². The number of carbonyl (C=O) groups is 2. The summed E-state index contributed by atoms with van der Waals surface area (Å²) in [5.74, 6) is 0.974. The van der Waals surface area contributed by atoms with Gasteiger partial charge in [-0.15, -0.1) is 0 Å². The first-order chi connectivity index (χ1) is 14.6. The lowest BCUT2D eigenvalue weighted by Crippen LogP contribution is -2.31. The van der Waals surface area contributed by atoms with Crippen molar-refractivity contribution in [1.29, 1.82) is 0 Å². The van der Waals surface area contributed by atoms with E-state index in [9.17, 15) is 9.59 Å². The molecule has 6 heteroatoms. The zero-order valence-corrected chi connectivity index (χ0v) is 16.8. The van der Waals surface area contributed by atoms with Gasteiger partial charge in [0.25, 0.3) is 5.91 Å². The summed E-state index contributed by atoms with van der Waals surface area (Å²) < 4.78 is 6.36. The molecule has 30 heavy (non-hydrogen) atoms. The van der Waals surface area contributed by atoms with Crippen molar-refractivity contribution < 1.29 is 14.3 Å². The molecule has 2 atom stereocenters. The number of ether oxygens (including phenoxy) is 1. The third-order valence-corrected chi connectivity index (χ3v) is 6.03. The number of benzene rings is 2. The van der Waals surface area contributed by atoms with E-state index in [0.717, 1.165) is 45.3 Å². The summed E-state index contributed by atoms with van der Waals surface area (Å²) in [4.78, 5) is 28.2. The minimum absolute atomic E-state index is 0.0134. The number of nitrogens with zero attached hydrogens (tertiary/aromatic N) is 1. The number of carbonyl (C=O) groups excluding carboxylic acids is 2. The van der Waals surface area contributed by atoms with E-state index in [4.69, 9.17) is 4.74 Å². The van der Waals surface area contributed by atoms with E-state index >= 15 is 0 Å². The van der Waals surface area contributed by atoms with Gasteiger partial charge in [-0.05, 0) is 60.4 Å². The molecule has 2 aliphatic rings. The number of hydrogen-bond donors (Lipinski definition) is 2. The summed E-state index contributed by atoms with van der Waals surface area (Å²) in [5, 5.41) is 6.71. The van der Waals surface area contributed by atoms with Gasteiger partial charge >= 0.3 is 0 Å². The van der Waals surface area contributed by atoms with Gasteiger partial charge in [0, 0.05) is 42.6 Å². The van der Waals surface area contributed by atoms with Crippen molar-refractivity contribution in [2.45, 2.75) is 25.9 Å². The molecule has 5 rings (SSSR count). The number of aromatic nitrogens is 1. The molecule has 2 aliphatic heterocycles. The van der Waals surface area contributed by atoms with Gasteiger partial charge in [-0.3, -0.25) is 14.6 Å². The molecule has 152 valence electrons. The Kier molecular flexibility index (Phi) is 4.62. The fraction of sp³-hybridized carbons (Fsp3) is 0.292. The van der Waals surface area contributed by atoms with Crippen LogP contribution in [0.2, 0.25) is 0 Å². The van der Waals surface area contributed by atoms with Crippen molar-refractivity contribution in [3.63, 3.8) is 0 Å². The van der Waals surface area contributed by atoms with E-state index in [-0.39, 0.29) is 23.8 Å². The third-order valence-electron chi connectivity index (χ3n) is 6.03. The molecule has 0 aliphatic carbocycles. The molecule has 3 aromatic rings. The highest BCUT2D eigenvalue weighted by Crippen LogP contribution is 2.34. The average molecular weight is 401 g/mol. The maximum Gasteiger partial charge on any atom is 0.251 e. The van der Waals surface area contributed by atoms with Crippen molar-refractivity contribution in [3.8, 4) is 16.9 Å². The summed E-state index contributed by atoms with van der Waals surface area (Å²) >= 11 is 0. The molecule has 0 bridgehead atoms. The van der Waals surface area contributed by atoms with Crippen molar-refractivity contribution in [1.82, 2.24) is 15.6 Å². The fourth-order valence-electron chi connectivity index (χ4n) is 4.28.